The quantitative estimate of drug-likeness (QED) is 0.701. The highest BCUT2D eigenvalue weighted by molar-refractivity contribution is 7.99. The Bertz CT molecular complexity index is 672. The van der Waals surface area contributed by atoms with Crippen LogP contribution in [0.2, 0.25) is 0 Å². The third-order valence-electron chi connectivity index (χ3n) is 2.40. The molecule has 1 aromatic carbocycles. The van der Waals surface area contributed by atoms with Gasteiger partial charge in [-0.15, -0.1) is 0 Å². The van der Waals surface area contributed by atoms with Crippen molar-refractivity contribution < 1.29 is 8.83 Å². The van der Waals surface area contributed by atoms with Crippen molar-refractivity contribution in [3.05, 3.63) is 36.3 Å². The topological polar surface area (TPSA) is 65.2 Å². The fourth-order valence-corrected chi connectivity index (χ4v) is 2.32. The van der Waals surface area contributed by atoms with Crippen LogP contribution in [0.15, 0.2) is 49.5 Å². The molecular formula is C12H10N2O2S. The van der Waals surface area contributed by atoms with Gasteiger partial charge >= 0.3 is 0 Å². The summed E-state index contributed by atoms with van der Waals surface area (Å²) in [6.45, 7) is 1.91. The Morgan fingerprint density at radius 3 is 2.94 bits per heavy atom. The molecule has 3 rings (SSSR count). The molecular weight excluding hydrogens is 236 g/mol. The summed E-state index contributed by atoms with van der Waals surface area (Å²) in [4.78, 5) is 5.37. The summed E-state index contributed by atoms with van der Waals surface area (Å²) in [5, 5.41) is 0.593. The molecule has 0 radical (unpaired) electrons. The van der Waals surface area contributed by atoms with E-state index >= 15 is 0 Å². The maximum atomic E-state index is 5.68. The van der Waals surface area contributed by atoms with Gasteiger partial charge in [0.1, 0.15) is 11.3 Å². The molecule has 0 saturated carbocycles. The van der Waals surface area contributed by atoms with Gasteiger partial charge in [-0.1, -0.05) is 0 Å². The molecule has 0 aliphatic carbocycles. The maximum absolute atomic E-state index is 5.68. The number of oxazole rings is 1. The first kappa shape index (κ1) is 10.3. The number of benzene rings is 1. The van der Waals surface area contributed by atoms with Crippen molar-refractivity contribution in [1.82, 2.24) is 4.98 Å². The van der Waals surface area contributed by atoms with E-state index in [0.717, 1.165) is 16.2 Å². The van der Waals surface area contributed by atoms with Crippen molar-refractivity contribution in [2.45, 2.75) is 17.0 Å². The molecule has 5 heteroatoms. The van der Waals surface area contributed by atoms with E-state index in [1.165, 1.54) is 11.8 Å². The SMILES string of the molecule is Cc1occc1Sc1nc2ccc(N)cc2o1. The third kappa shape index (κ3) is 1.89. The van der Waals surface area contributed by atoms with E-state index in [1.54, 1.807) is 12.3 Å². The molecule has 0 spiro atoms. The monoisotopic (exact) mass is 246 g/mol. The van der Waals surface area contributed by atoms with Crippen molar-refractivity contribution in [3.8, 4) is 0 Å². The van der Waals surface area contributed by atoms with Crippen molar-refractivity contribution in [1.29, 1.82) is 0 Å². The average molecular weight is 246 g/mol. The van der Waals surface area contributed by atoms with Gasteiger partial charge in [-0.05, 0) is 36.9 Å². The number of nitrogens with zero attached hydrogens (tertiary/aromatic N) is 1. The van der Waals surface area contributed by atoms with Gasteiger partial charge in [0.05, 0.1) is 11.2 Å². The van der Waals surface area contributed by atoms with E-state index in [-0.39, 0.29) is 0 Å². The second-order valence-corrected chi connectivity index (χ2v) is 4.64. The number of aromatic nitrogens is 1. The molecule has 2 aromatic heterocycles. The van der Waals surface area contributed by atoms with Crippen LogP contribution in [-0.2, 0) is 0 Å². The summed E-state index contributed by atoms with van der Waals surface area (Å²) in [5.74, 6) is 0.858. The van der Waals surface area contributed by atoms with Crippen LogP contribution in [0, 0.1) is 6.92 Å². The van der Waals surface area contributed by atoms with Crippen molar-refractivity contribution in [3.63, 3.8) is 0 Å². The smallest absolute Gasteiger partial charge is 0.261 e. The van der Waals surface area contributed by atoms with E-state index in [0.29, 0.717) is 16.5 Å². The Labute approximate surface area is 102 Å². The van der Waals surface area contributed by atoms with Gasteiger partial charge in [0, 0.05) is 11.8 Å². The van der Waals surface area contributed by atoms with Gasteiger partial charge in [-0.3, -0.25) is 0 Å². The zero-order chi connectivity index (χ0) is 11.8. The van der Waals surface area contributed by atoms with E-state index in [1.807, 2.05) is 25.1 Å². The molecule has 0 aliphatic heterocycles. The molecule has 0 aliphatic rings. The minimum Gasteiger partial charge on any atom is -0.468 e. The summed E-state index contributed by atoms with van der Waals surface area (Å²) >= 11 is 1.44. The molecule has 17 heavy (non-hydrogen) atoms. The Balaban J connectivity index is 1.99. The molecule has 0 saturated heterocycles. The number of hydrogen-bond donors (Lipinski definition) is 1. The standard InChI is InChI=1S/C12H10N2O2S/c1-7-11(4-5-15-7)17-12-14-9-3-2-8(13)6-10(9)16-12/h2-6H,13H2,1H3. The second-order valence-electron chi connectivity index (χ2n) is 3.65. The predicted molar refractivity (Wildman–Crippen MR) is 66.0 cm³/mol. The van der Waals surface area contributed by atoms with Gasteiger partial charge in [-0.25, -0.2) is 4.98 Å². The molecule has 2 N–H and O–H groups in total. The van der Waals surface area contributed by atoms with Gasteiger partial charge in [0.15, 0.2) is 5.58 Å². The highest BCUT2D eigenvalue weighted by atomic mass is 32.2. The Morgan fingerprint density at radius 1 is 1.29 bits per heavy atom. The fourth-order valence-electron chi connectivity index (χ4n) is 1.54. The minimum atomic E-state index is 0.593. The zero-order valence-electron chi connectivity index (χ0n) is 9.14. The summed E-state index contributed by atoms with van der Waals surface area (Å²) in [5.41, 5.74) is 7.87. The first-order valence-corrected chi connectivity index (χ1v) is 5.92. The van der Waals surface area contributed by atoms with Gasteiger partial charge in [0.25, 0.3) is 5.22 Å². The minimum absolute atomic E-state index is 0.593. The largest absolute Gasteiger partial charge is 0.468 e. The molecule has 0 unspecified atom stereocenters. The summed E-state index contributed by atoms with van der Waals surface area (Å²) in [6, 6.07) is 7.32. The lowest BCUT2D eigenvalue weighted by Crippen LogP contribution is -1.81. The van der Waals surface area contributed by atoms with Crippen molar-refractivity contribution in [2.24, 2.45) is 0 Å². The predicted octanol–water partition coefficient (Wildman–Crippen LogP) is 3.46. The molecule has 0 atom stereocenters. The number of furan rings is 1. The van der Waals surface area contributed by atoms with E-state index in [2.05, 4.69) is 4.98 Å². The number of rotatable bonds is 2. The second kappa shape index (κ2) is 3.85. The number of aryl methyl sites for hydroxylation is 1. The van der Waals surface area contributed by atoms with Crippen LogP contribution in [0.3, 0.4) is 0 Å². The lowest BCUT2D eigenvalue weighted by Gasteiger charge is -1.91. The zero-order valence-corrected chi connectivity index (χ0v) is 9.95. The first-order valence-electron chi connectivity index (χ1n) is 5.10. The lowest BCUT2D eigenvalue weighted by molar-refractivity contribution is 0.488. The molecule has 0 amide bonds. The van der Waals surface area contributed by atoms with Gasteiger partial charge in [0.2, 0.25) is 0 Å². The van der Waals surface area contributed by atoms with Gasteiger partial charge < -0.3 is 14.6 Å². The highest BCUT2D eigenvalue weighted by Gasteiger charge is 2.10. The Morgan fingerprint density at radius 2 is 2.18 bits per heavy atom. The summed E-state index contributed by atoms with van der Waals surface area (Å²) in [6.07, 6.45) is 1.65. The number of hydrogen-bond acceptors (Lipinski definition) is 5. The average Bonchev–Trinajstić information content (AvgIpc) is 2.85. The Hall–Kier alpha value is -1.88. The number of fused-ring (bicyclic) bond motifs is 1. The van der Waals surface area contributed by atoms with Crippen LogP contribution in [0.5, 0.6) is 0 Å². The highest BCUT2D eigenvalue weighted by Crippen LogP contribution is 2.32. The van der Waals surface area contributed by atoms with Crippen LogP contribution in [-0.4, -0.2) is 4.98 Å². The molecule has 0 bridgehead atoms. The van der Waals surface area contributed by atoms with Crippen LogP contribution < -0.4 is 5.73 Å². The maximum Gasteiger partial charge on any atom is 0.261 e. The van der Waals surface area contributed by atoms with Crippen LogP contribution in [0.25, 0.3) is 11.1 Å². The van der Waals surface area contributed by atoms with E-state index in [9.17, 15) is 0 Å². The van der Waals surface area contributed by atoms with Crippen molar-refractivity contribution in [2.75, 3.05) is 5.73 Å². The first-order chi connectivity index (χ1) is 8.22. The van der Waals surface area contributed by atoms with Crippen molar-refractivity contribution >= 4 is 28.5 Å². The Kier molecular flexibility index (Phi) is 2.33. The molecule has 3 aromatic rings. The van der Waals surface area contributed by atoms with Crippen LogP contribution >= 0.6 is 11.8 Å². The van der Waals surface area contributed by atoms with Crippen LogP contribution in [0.1, 0.15) is 5.76 Å². The molecule has 86 valence electrons. The molecule has 2 heterocycles. The normalized spacial score (nSPS) is 11.1. The molecule has 4 nitrogen and oxygen atoms in total. The lowest BCUT2D eigenvalue weighted by atomic mass is 10.3. The summed E-state index contributed by atoms with van der Waals surface area (Å²) < 4.78 is 10.8. The fraction of sp³-hybridized carbons (Fsp3) is 0.0833. The number of anilines is 1. The third-order valence-corrected chi connectivity index (χ3v) is 3.39. The van der Waals surface area contributed by atoms with E-state index in [4.69, 9.17) is 14.6 Å². The number of nitrogen functional groups attached to an aromatic ring is 1. The molecule has 0 fully saturated rings. The van der Waals surface area contributed by atoms with Crippen LogP contribution in [0.4, 0.5) is 5.69 Å². The van der Waals surface area contributed by atoms with E-state index < -0.39 is 0 Å². The number of nitrogens with two attached hydrogens (primary N) is 1. The van der Waals surface area contributed by atoms with Gasteiger partial charge in [-0.2, -0.15) is 0 Å². The summed E-state index contributed by atoms with van der Waals surface area (Å²) in [7, 11) is 0.